The molecular formula is C55H39N. The molecule has 0 saturated heterocycles. The Morgan fingerprint density at radius 1 is 0.411 bits per heavy atom. The summed E-state index contributed by atoms with van der Waals surface area (Å²) in [5.41, 5.74) is 11.2. The summed E-state index contributed by atoms with van der Waals surface area (Å²) in [5, 5.41) is 12.7. The van der Waals surface area contributed by atoms with Crippen molar-refractivity contribution in [2.24, 2.45) is 0 Å². The maximum atomic E-state index is 2.47. The van der Waals surface area contributed by atoms with Gasteiger partial charge in [0.25, 0.3) is 0 Å². The molecule has 0 amide bonds. The summed E-state index contributed by atoms with van der Waals surface area (Å²) in [6.45, 7) is 2.36. The van der Waals surface area contributed by atoms with Crippen molar-refractivity contribution >= 4 is 77.0 Å². The lowest BCUT2D eigenvalue weighted by atomic mass is 9.81. The summed E-state index contributed by atoms with van der Waals surface area (Å²) in [4.78, 5) is 2.47. The molecule has 11 rings (SSSR count). The first kappa shape index (κ1) is 32.5. The largest absolute Gasteiger partial charge is 0.309 e. The molecule has 264 valence electrons. The van der Waals surface area contributed by atoms with Crippen LogP contribution in [0.25, 0.3) is 82.2 Å². The lowest BCUT2D eigenvalue weighted by Gasteiger charge is -2.29. The first-order valence-electron chi connectivity index (χ1n) is 19.7. The van der Waals surface area contributed by atoms with Crippen LogP contribution < -0.4 is 4.90 Å². The van der Waals surface area contributed by atoms with Crippen LogP contribution >= 0.6 is 0 Å². The van der Waals surface area contributed by atoms with E-state index < -0.39 is 0 Å². The van der Waals surface area contributed by atoms with Gasteiger partial charge < -0.3 is 4.90 Å². The third-order valence-electron chi connectivity index (χ3n) is 12.0. The van der Waals surface area contributed by atoms with E-state index in [0.29, 0.717) is 5.92 Å². The number of rotatable bonds is 5. The number of nitrogens with zero attached hydrogens (tertiary/aromatic N) is 1. The zero-order chi connectivity index (χ0) is 37.2. The lowest BCUT2D eigenvalue weighted by molar-refractivity contribution is 0.779. The minimum Gasteiger partial charge on any atom is -0.309 e. The molecule has 56 heavy (non-hydrogen) atoms. The van der Waals surface area contributed by atoms with Gasteiger partial charge in [0.15, 0.2) is 0 Å². The second-order valence-electron chi connectivity index (χ2n) is 15.3. The fourth-order valence-electron chi connectivity index (χ4n) is 9.36. The summed E-state index contributed by atoms with van der Waals surface area (Å²) < 4.78 is 0. The zero-order valence-corrected chi connectivity index (χ0v) is 31.3. The minimum absolute atomic E-state index is 0.477. The Labute approximate surface area is 327 Å². The summed E-state index contributed by atoms with van der Waals surface area (Å²) in [6.07, 6.45) is 5.76. The van der Waals surface area contributed by atoms with Crippen LogP contribution in [-0.4, -0.2) is 0 Å². The maximum absolute atomic E-state index is 2.47. The van der Waals surface area contributed by atoms with E-state index in [2.05, 4.69) is 212 Å². The van der Waals surface area contributed by atoms with Crippen molar-refractivity contribution in [1.29, 1.82) is 0 Å². The van der Waals surface area contributed by atoms with Gasteiger partial charge in [-0.25, -0.2) is 0 Å². The second kappa shape index (κ2) is 13.1. The van der Waals surface area contributed by atoms with Gasteiger partial charge in [0.05, 0.1) is 5.69 Å². The van der Waals surface area contributed by atoms with Crippen molar-refractivity contribution in [2.45, 2.75) is 19.3 Å². The molecule has 10 aromatic carbocycles. The second-order valence-corrected chi connectivity index (χ2v) is 15.3. The molecule has 1 aliphatic rings. The number of benzene rings is 10. The molecule has 0 heterocycles. The Hall–Kier alpha value is -6.96. The highest BCUT2D eigenvalue weighted by Gasteiger charge is 2.22. The fraction of sp³-hybridized carbons (Fsp3) is 0.0545. The van der Waals surface area contributed by atoms with Crippen LogP contribution in [0.2, 0.25) is 0 Å². The molecule has 0 radical (unpaired) electrons. The van der Waals surface area contributed by atoms with Crippen LogP contribution in [0.4, 0.5) is 17.1 Å². The van der Waals surface area contributed by atoms with Crippen LogP contribution in [0, 0.1) is 0 Å². The number of hydrogen-bond acceptors (Lipinski definition) is 1. The van der Waals surface area contributed by atoms with Crippen LogP contribution in [0.1, 0.15) is 30.4 Å². The van der Waals surface area contributed by atoms with Crippen molar-refractivity contribution in [3.05, 3.63) is 205 Å². The number of fused-ring (bicyclic) bond motifs is 8. The summed E-state index contributed by atoms with van der Waals surface area (Å²) in [5.74, 6) is 0.477. The molecule has 1 unspecified atom stereocenters. The molecule has 1 heteroatoms. The predicted octanol–water partition coefficient (Wildman–Crippen LogP) is 15.8. The Bertz CT molecular complexity index is 3110. The van der Waals surface area contributed by atoms with E-state index in [-0.39, 0.29) is 0 Å². The van der Waals surface area contributed by atoms with Crippen LogP contribution in [0.5, 0.6) is 0 Å². The number of hydrogen-bond donors (Lipinski definition) is 0. The van der Waals surface area contributed by atoms with Crippen LogP contribution in [0.15, 0.2) is 194 Å². The van der Waals surface area contributed by atoms with Gasteiger partial charge in [-0.15, -0.1) is 0 Å². The summed E-state index contributed by atoms with van der Waals surface area (Å²) >= 11 is 0. The number of anilines is 3. The van der Waals surface area contributed by atoms with E-state index in [0.717, 1.165) is 17.8 Å². The number of allylic oxidation sites excluding steroid dienone is 1. The minimum atomic E-state index is 0.477. The van der Waals surface area contributed by atoms with Crippen molar-refractivity contribution in [3.63, 3.8) is 0 Å². The van der Waals surface area contributed by atoms with Gasteiger partial charge in [0.1, 0.15) is 0 Å². The highest BCUT2D eigenvalue weighted by Crippen LogP contribution is 2.46. The standard InChI is InChI=1S/C55H39N/c1-36-13-12-24-51-53(35-42-17-3-7-19-46(42)54(36)51)38-27-31-44(32-28-38)56(55-47-20-8-4-14-39(47)33-40-15-5-9-21-48(40)55)43-29-25-37(26-30-43)52-34-41-16-2-6-18-45(41)49-22-10-11-23-50(49)52/h2-12,14-36H,13H2,1H3. The first-order chi connectivity index (χ1) is 27.7. The third-order valence-corrected chi connectivity index (χ3v) is 12.0. The van der Waals surface area contributed by atoms with E-state index in [1.54, 1.807) is 0 Å². The first-order valence-corrected chi connectivity index (χ1v) is 19.7. The fourth-order valence-corrected chi connectivity index (χ4v) is 9.36. The Morgan fingerprint density at radius 2 is 0.857 bits per heavy atom. The quantitative estimate of drug-likeness (QED) is 0.127. The van der Waals surface area contributed by atoms with E-state index in [1.807, 2.05) is 0 Å². The molecule has 0 aromatic heterocycles. The summed E-state index contributed by atoms with van der Waals surface area (Å²) in [7, 11) is 0. The molecule has 0 fully saturated rings. The van der Waals surface area contributed by atoms with Gasteiger partial charge >= 0.3 is 0 Å². The van der Waals surface area contributed by atoms with Crippen molar-refractivity contribution in [1.82, 2.24) is 0 Å². The van der Waals surface area contributed by atoms with Gasteiger partial charge in [-0.05, 0) is 131 Å². The maximum Gasteiger partial charge on any atom is 0.0618 e. The predicted molar refractivity (Wildman–Crippen MR) is 242 cm³/mol. The van der Waals surface area contributed by atoms with Crippen molar-refractivity contribution in [3.8, 4) is 22.3 Å². The molecule has 0 spiro atoms. The van der Waals surface area contributed by atoms with Gasteiger partial charge in [-0.3, -0.25) is 0 Å². The zero-order valence-electron chi connectivity index (χ0n) is 31.3. The molecule has 10 aromatic rings. The molecular weight excluding hydrogens is 675 g/mol. The van der Waals surface area contributed by atoms with E-state index in [1.165, 1.54) is 92.9 Å². The molecule has 1 aliphatic carbocycles. The Morgan fingerprint density at radius 3 is 1.46 bits per heavy atom. The molecule has 0 bridgehead atoms. The average Bonchev–Trinajstić information content (AvgIpc) is 3.26. The van der Waals surface area contributed by atoms with Crippen LogP contribution in [0.3, 0.4) is 0 Å². The van der Waals surface area contributed by atoms with Gasteiger partial charge in [0, 0.05) is 22.1 Å². The third kappa shape index (κ3) is 5.23. The van der Waals surface area contributed by atoms with E-state index >= 15 is 0 Å². The molecule has 0 N–H and O–H groups in total. The highest BCUT2D eigenvalue weighted by molar-refractivity contribution is 6.15. The lowest BCUT2D eigenvalue weighted by Crippen LogP contribution is -2.11. The Balaban J connectivity index is 1.10. The van der Waals surface area contributed by atoms with E-state index in [4.69, 9.17) is 0 Å². The molecule has 1 atom stereocenters. The molecule has 0 aliphatic heterocycles. The topological polar surface area (TPSA) is 3.24 Å². The van der Waals surface area contributed by atoms with E-state index in [9.17, 15) is 0 Å². The Kier molecular flexibility index (Phi) is 7.60. The smallest absolute Gasteiger partial charge is 0.0618 e. The molecule has 0 saturated carbocycles. The van der Waals surface area contributed by atoms with Gasteiger partial charge in [-0.2, -0.15) is 0 Å². The van der Waals surface area contributed by atoms with Gasteiger partial charge in [0.2, 0.25) is 0 Å². The monoisotopic (exact) mass is 713 g/mol. The summed E-state index contributed by atoms with van der Waals surface area (Å²) in [6, 6.07) is 69.5. The average molecular weight is 714 g/mol. The van der Waals surface area contributed by atoms with Crippen molar-refractivity contribution < 1.29 is 0 Å². The molecule has 1 nitrogen and oxygen atoms in total. The van der Waals surface area contributed by atoms with Gasteiger partial charge in [-0.1, -0.05) is 165 Å². The normalized spacial score (nSPS) is 13.8. The van der Waals surface area contributed by atoms with Crippen molar-refractivity contribution in [2.75, 3.05) is 4.90 Å². The SMILES string of the molecule is CC1CC=Cc2c(-c3ccc(N(c4ccc(-c5cc6ccccc6c6ccccc56)cc4)c4c5ccccc5cc5ccccc45)cc3)cc3ccccc3c21. The highest BCUT2D eigenvalue weighted by atomic mass is 15.1. The van der Waals surface area contributed by atoms with Crippen LogP contribution in [-0.2, 0) is 0 Å².